The van der Waals surface area contributed by atoms with Crippen LogP contribution in [-0.4, -0.2) is 63.7 Å². The lowest BCUT2D eigenvalue weighted by Gasteiger charge is -2.18. The first-order valence-corrected chi connectivity index (χ1v) is 13.3. The number of anilines is 1. The molecule has 0 saturated heterocycles. The van der Waals surface area contributed by atoms with Crippen LogP contribution in [0.4, 0.5) is 10.5 Å². The maximum absolute atomic E-state index is 12.8. The monoisotopic (exact) mass is 544 g/mol. The summed E-state index contributed by atoms with van der Waals surface area (Å²) in [6, 6.07) is 18.1. The summed E-state index contributed by atoms with van der Waals surface area (Å²) in [7, 11) is -0.313. The van der Waals surface area contributed by atoms with Gasteiger partial charge in [-0.2, -0.15) is 4.72 Å². The van der Waals surface area contributed by atoms with Gasteiger partial charge in [-0.3, -0.25) is 4.79 Å². The number of urea groups is 1. The molecular weight excluding hydrogens is 516 g/mol. The molecule has 0 aliphatic rings. The number of nitrogens with zero attached hydrogens (tertiary/aromatic N) is 1. The molecule has 0 aliphatic heterocycles. The van der Waals surface area contributed by atoms with Crippen LogP contribution < -0.4 is 15.4 Å². The molecule has 4 N–H and O–H groups in total. The molecule has 11 heteroatoms. The second-order valence-corrected chi connectivity index (χ2v) is 10.8. The molecule has 0 saturated carbocycles. The summed E-state index contributed by atoms with van der Waals surface area (Å²) in [5, 5.41) is 15.7. The van der Waals surface area contributed by atoms with Crippen molar-refractivity contribution in [2.75, 3.05) is 32.5 Å². The molecular formula is C26H29ClN4O5S. The van der Waals surface area contributed by atoms with E-state index in [0.717, 1.165) is 11.1 Å². The predicted molar refractivity (Wildman–Crippen MR) is 144 cm³/mol. The number of hydrogen-bond donors (Lipinski definition) is 4. The molecule has 0 radical (unpaired) electrons. The summed E-state index contributed by atoms with van der Waals surface area (Å²) >= 11 is 5.83. The van der Waals surface area contributed by atoms with E-state index in [1.165, 1.54) is 24.3 Å². The van der Waals surface area contributed by atoms with Gasteiger partial charge in [0.2, 0.25) is 10.0 Å². The van der Waals surface area contributed by atoms with Gasteiger partial charge >= 0.3 is 12.0 Å². The van der Waals surface area contributed by atoms with Crippen LogP contribution in [0, 0.1) is 0 Å². The normalized spacial score (nSPS) is 12.2. The van der Waals surface area contributed by atoms with Crippen LogP contribution in [0.25, 0.3) is 11.1 Å². The Hall–Kier alpha value is -3.44. The van der Waals surface area contributed by atoms with Crippen LogP contribution in [0.1, 0.15) is 5.56 Å². The zero-order chi connectivity index (χ0) is 27.0. The first-order valence-electron chi connectivity index (χ1n) is 11.4. The fourth-order valence-corrected chi connectivity index (χ4v) is 4.85. The highest BCUT2D eigenvalue weighted by atomic mass is 35.5. The number of halogens is 1. The molecule has 3 aromatic rings. The van der Waals surface area contributed by atoms with E-state index in [4.69, 9.17) is 11.6 Å². The molecule has 1 atom stereocenters. The summed E-state index contributed by atoms with van der Waals surface area (Å²) in [6.45, 7) is 1.10. The van der Waals surface area contributed by atoms with E-state index in [1.807, 2.05) is 49.3 Å². The molecule has 0 aliphatic carbocycles. The van der Waals surface area contributed by atoms with Crippen molar-refractivity contribution < 1.29 is 23.1 Å². The van der Waals surface area contributed by atoms with Crippen LogP contribution in [0.15, 0.2) is 77.7 Å². The van der Waals surface area contributed by atoms with Gasteiger partial charge in [0.25, 0.3) is 0 Å². The number of sulfonamides is 1. The van der Waals surface area contributed by atoms with Crippen LogP contribution in [0.5, 0.6) is 0 Å². The third-order valence-corrected chi connectivity index (χ3v) is 7.16. The van der Waals surface area contributed by atoms with Gasteiger partial charge in [-0.1, -0.05) is 54.1 Å². The minimum atomic E-state index is -4.11. The number of rotatable bonds is 11. The van der Waals surface area contributed by atoms with E-state index >= 15 is 0 Å². The van der Waals surface area contributed by atoms with Crippen molar-refractivity contribution in [1.82, 2.24) is 14.9 Å². The average molecular weight is 545 g/mol. The Morgan fingerprint density at radius 2 is 1.68 bits per heavy atom. The van der Waals surface area contributed by atoms with Crippen molar-refractivity contribution in [3.63, 3.8) is 0 Å². The lowest BCUT2D eigenvalue weighted by Crippen LogP contribution is -2.42. The number of nitrogens with one attached hydrogen (secondary N) is 3. The van der Waals surface area contributed by atoms with Gasteiger partial charge < -0.3 is 20.6 Å². The number of hydrogen-bond acceptors (Lipinski definition) is 5. The van der Waals surface area contributed by atoms with Crippen molar-refractivity contribution in [3.8, 4) is 11.1 Å². The number of carboxylic acid groups (broad SMARTS) is 1. The van der Waals surface area contributed by atoms with Gasteiger partial charge in [0, 0.05) is 23.7 Å². The van der Waals surface area contributed by atoms with Gasteiger partial charge in [0.15, 0.2) is 0 Å². The van der Waals surface area contributed by atoms with Crippen LogP contribution in [-0.2, 0) is 21.2 Å². The largest absolute Gasteiger partial charge is 0.480 e. The second-order valence-electron chi connectivity index (χ2n) is 8.60. The first kappa shape index (κ1) is 28.1. The van der Waals surface area contributed by atoms with Crippen molar-refractivity contribution >= 4 is 39.3 Å². The highest BCUT2D eigenvalue weighted by Crippen LogP contribution is 2.29. The van der Waals surface area contributed by atoms with Crippen molar-refractivity contribution in [2.45, 2.75) is 17.4 Å². The third-order valence-electron chi connectivity index (χ3n) is 5.42. The Balaban J connectivity index is 1.86. The molecule has 2 amide bonds. The third kappa shape index (κ3) is 8.29. The topological polar surface area (TPSA) is 128 Å². The van der Waals surface area contributed by atoms with E-state index in [9.17, 15) is 23.1 Å². The smallest absolute Gasteiger partial charge is 0.322 e. The molecule has 0 fully saturated rings. The number of aliphatic carboxylic acids is 1. The highest BCUT2D eigenvalue weighted by Gasteiger charge is 2.26. The number of carbonyl (C=O) groups excluding carboxylic acids is 1. The molecule has 1 unspecified atom stereocenters. The fourth-order valence-electron chi connectivity index (χ4n) is 3.53. The number of benzene rings is 3. The van der Waals surface area contributed by atoms with Gasteiger partial charge in [-0.15, -0.1) is 0 Å². The number of carbonyl (C=O) groups is 2. The van der Waals surface area contributed by atoms with E-state index in [0.29, 0.717) is 29.4 Å². The number of likely N-dealkylation sites (N-methyl/N-ethyl adjacent to an activating group) is 1. The van der Waals surface area contributed by atoms with Crippen LogP contribution in [0.3, 0.4) is 0 Å². The Morgan fingerprint density at radius 3 is 2.30 bits per heavy atom. The van der Waals surface area contributed by atoms with E-state index in [-0.39, 0.29) is 11.3 Å². The highest BCUT2D eigenvalue weighted by molar-refractivity contribution is 7.89. The average Bonchev–Trinajstić information content (AvgIpc) is 2.84. The molecule has 3 rings (SSSR count). The minimum Gasteiger partial charge on any atom is -0.480 e. The zero-order valence-electron chi connectivity index (χ0n) is 20.4. The summed E-state index contributed by atoms with van der Waals surface area (Å²) in [6.07, 6.45) is -0.145. The lowest BCUT2D eigenvalue weighted by atomic mass is 9.98. The Kier molecular flexibility index (Phi) is 9.65. The number of amides is 2. The molecule has 196 valence electrons. The molecule has 0 spiro atoms. The Bertz CT molecular complexity index is 1330. The number of carboxylic acids is 1. The second kappa shape index (κ2) is 12.7. The van der Waals surface area contributed by atoms with Gasteiger partial charge in [-0.05, 0) is 62.0 Å². The molecule has 0 bridgehead atoms. The predicted octanol–water partition coefficient (Wildman–Crippen LogP) is 3.66. The van der Waals surface area contributed by atoms with Gasteiger partial charge in [0.05, 0.1) is 10.6 Å². The summed E-state index contributed by atoms with van der Waals surface area (Å²) in [5.41, 5.74) is 2.59. The molecule has 37 heavy (non-hydrogen) atoms. The SMILES string of the molecule is CN(C)CCNC(=O)Nc1cc(CC(NS(=O)(=O)c2ccc(Cl)cc2)C(=O)O)ccc1-c1ccccc1. The van der Waals surface area contributed by atoms with E-state index < -0.39 is 28.1 Å². The Morgan fingerprint density at radius 1 is 1.00 bits per heavy atom. The summed E-state index contributed by atoms with van der Waals surface area (Å²) in [5.74, 6) is -1.33. The summed E-state index contributed by atoms with van der Waals surface area (Å²) < 4.78 is 27.8. The standard InChI is InChI=1S/C26H29ClN4O5S/c1-31(2)15-14-28-26(34)29-23-16-18(8-13-22(23)19-6-4-3-5-7-19)17-24(25(32)33)30-37(35,36)21-11-9-20(27)10-12-21/h3-13,16,24,30H,14-15,17H2,1-2H3,(H,32,33)(H2,28,29,34). The van der Waals surface area contributed by atoms with Gasteiger partial charge in [0.1, 0.15) is 6.04 Å². The van der Waals surface area contributed by atoms with Crippen LogP contribution >= 0.6 is 11.6 Å². The van der Waals surface area contributed by atoms with Gasteiger partial charge in [-0.25, -0.2) is 13.2 Å². The maximum Gasteiger partial charge on any atom is 0.322 e. The molecule has 9 nitrogen and oxygen atoms in total. The Labute approximate surface area is 221 Å². The minimum absolute atomic E-state index is 0.0978. The molecule has 3 aromatic carbocycles. The maximum atomic E-state index is 12.8. The molecule has 0 aromatic heterocycles. The quantitative estimate of drug-likeness (QED) is 0.292. The van der Waals surface area contributed by atoms with Crippen LogP contribution in [0.2, 0.25) is 5.02 Å². The molecule has 0 heterocycles. The first-order chi connectivity index (χ1) is 17.5. The van der Waals surface area contributed by atoms with Crippen molar-refractivity contribution in [2.24, 2.45) is 0 Å². The summed E-state index contributed by atoms with van der Waals surface area (Å²) in [4.78, 5) is 26.4. The van der Waals surface area contributed by atoms with Crippen molar-refractivity contribution in [3.05, 3.63) is 83.4 Å². The zero-order valence-corrected chi connectivity index (χ0v) is 22.0. The fraction of sp³-hybridized carbons (Fsp3) is 0.231. The van der Waals surface area contributed by atoms with E-state index in [1.54, 1.807) is 18.2 Å². The lowest BCUT2D eigenvalue weighted by molar-refractivity contribution is -0.138. The van der Waals surface area contributed by atoms with Crippen molar-refractivity contribution in [1.29, 1.82) is 0 Å². The van der Waals surface area contributed by atoms with E-state index in [2.05, 4.69) is 15.4 Å².